The molecule has 0 saturated carbocycles. The van der Waals surface area contributed by atoms with Gasteiger partial charge in [0.2, 0.25) is 0 Å². The Balaban J connectivity index is 1.94. The SMILES string of the molecule is CCOc1cc(/C(O)=C2\C(=O)C(=O)N(Cc3cccs3)C2c2cccc(OC)c2OC)ccc1Cl. The van der Waals surface area contributed by atoms with E-state index in [2.05, 4.69) is 0 Å². The van der Waals surface area contributed by atoms with Crippen molar-refractivity contribution >= 4 is 40.4 Å². The van der Waals surface area contributed by atoms with Crippen LogP contribution in [0.1, 0.15) is 29.0 Å². The third-order valence-corrected chi connectivity index (χ3v) is 6.85. The number of hydrogen-bond acceptors (Lipinski definition) is 7. The van der Waals surface area contributed by atoms with Crippen LogP contribution in [-0.2, 0) is 16.1 Å². The monoisotopic (exact) mass is 513 g/mol. The molecule has 3 aromatic rings. The molecular weight excluding hydrogens is 490 g/mol. The zero-order chi connectivity index (χ0) is 25.1. The van der Waals surface area contributed by atoms with Gasteiger partial charge >= 0.3 is 0 Å². The van der Waals surface area contributed by atoms with E-state index < -0.39 is 17.7 Å². The highest BCUT2D eigenvalue weighted by molar-refractivity contribution is 7.09. The van der Waals surface area contributed by atoms with Gasteiger partial charge in [-0.1, -0.05) is 29.8 Å². The molecule has 1 aliphatic rings. The van der Waals surface area contributed by atoms with Gasteiger partial charge < -0.3 is 24.2 Å². The summed E-state index contributed by atoms with van der Waals surface area (Å²) in [6.07, 6.45) is 0. The maximum atomic E-state index is 13.3. The summed E-state index contributed by atoms with van der Waals surface area (Å²) >= 11 is 7.68. The lowest BCUT2D eigenvalue weighted by atomic mass is 9.94. The van der Waals surface area contributed by atoms with E-state index >= 15 is 0 Å². The minimum atomic E-state index is -0.909. The van der Waals surface area contributed by atoms with Gasteiger partial charge in [0.1, 0.15) is 11.5 Å². The summed E-state index contributed by atoms with van der Waals surface area (Å²) in [7, 11) is 2.99. The molecule has 1 aliphatic heterocycles. The van der Waals surface area contributed by atoms with Crippen LogP contribution >= 0.6 is 22.9 Å². The van der Waals surface area contributed by atoms with Crippen LogP contribution in [0.15, 0.2) is 59.5 Å². The molecule has 1 saturated heterocycles. The summed E-state index contributed by atoms with van der Waals surface area (Å²) in [5.41, 5.74) is 0.768. The number of ether oxygens (including phenoxy) is 3. The number of rotatable bonds is 8. The fraction of sp³-hybridized carbons (Fsp3) is 0.231. The predicted octanol–water partition coefficient (Wildman–Crippen LogP) is 5.44. The number of para-hydroxylation sites is 1. The highest BCUT2D eigenvalue weighted by Gasteiger charge is 2.47. The zero-order valence-electron chi connectivity index (χ0n) is 19.4. The number of ketones is 1. The number of aliphatic hydroxyl groups is 1. The molecule has 4 rings (SSSR count). The molecule has 35 heavy (non-hydrogen) atoms. The second kappa shape index (κ2) is 10.4. The van der Waals surface area contributed by atoms with Gasteiger partial charge in [-0.25, -0.2) is 0 Å². The third kappa shape index (κ3) is 4.59. The number of amides is 1. The molecule has 1 fully saturated rings. The lowest BCUT2D eigenvalue weighted by Crippen LogP contribution is -2.29. The number of methoxy groups -OCH3 is 2. The Labute approximate surface area is 212 Å². The highest BCUT2D eigenvalue weighted by Crippen LogP contribution is 2.46. The van der Waals surface area contributed by atoms with Gasteiger partial charge in [0.15, 0.2) is 11.5 Å². The Morgan fingerprint density at radius 1 is 1.09 bits per heavy atom. The van der Waals surface area contributed by atoms with Crippen molar-refractivity contribution in [1.82, 2.24) is 4.90 Å². The van der Waals surface area contributed by atoms with Crippen molar-refractivity contribution in [2.75, 3.05) is 20.8 Å². The Kier molecular flexibility index (Phi) is 7.33. The van der Waals surface area contributed by atoms with Gasteiger partial charge in [-0.15, -0.1) is 11.3 Å². The van der Waals surface area contributed by atoms with Crippen LogP contribution < -0.4 is 14.2 Å². The first-order valence-corrected chi connectivity index (χ1v) is 12.1. The number of aliphatic hydroxyl groups excluding tert-OH is 1. The molecule has 182 valence electrons. The molecule has 2 heterocycles. The molecule has 1 unspecified atom stereocenters. The van der Waals surface area contributed by atoms with Gasteiger partial charge in [0.25, 0.3) is 11.7 Å². The topological polar surface area (TPSA) is 85.3 Å². The summed E-state index contributed by atoms with van der Waals surface area (Å²) in [6, 6.07) is 12.8. The van der Waals surface area contributed by atoms with Crippen LogP contribution in [0.5, 0.6) is 17.2 Å². The average molecular weight is 514 g/mol. The second-order valence-corrected chi connectivity index (χ2v) is 9.11. The molecule has 1 atom stereocenters. The van der Waals surface area contributed by atoms with Crippen molar-refractivity contribution in [2.45, 2.75) is 19.5 Å². The van der Waals surface area contributed by atoms with Crippen LogP contribution in [0.3, 0.4) is 0 Å². The number of thiophene rings is 1. The first kappa shape index (κ1) is 24.6. The molecule has 0 radical (unpaired) electrons. The van der Waals surface area contributed by atoms with E-state index in [1.807, 2.05) is 24.4 Å². The number of carbonyl (C=O) groups is 2. The molecule has 0 spiro atoms. The van der Waals surface area contributed by atoms with E-state index in [9.17, 15) is 14.7 Å². The van der Waals surface area contributed by atoms with Gasteiger partial charge in [-0.3, -0.25) is 9.59 Å². The largest absolute Gasteiger partial charge is 0.507 e. The van der Waals surface area contributed by atoms with Crippen molar-refractivity contribution in [1.29, 1.82) is 0 Å². The van der Waals surface area contributed by atoms with Crippen LogP contribution in [0.25, 0.3) is 5.76 Å². The van der Waals surface area contributed by atoms with Gasteiger partial charge in [0, 0.05) is 16.0 Å². The number of hydrogen-bond donors (Lipinski definition) is 1. The van der Waals surface area contributed by atoms with E-state index in [1.54, 1.807) is 36.4 Å². The Morgan fingerprint density at radius 3 is 2.54 bits per heavy atom. The van der Waals surface area contributed by atoms with Crippen LogP contribution in [0.4, 0.5) is 0 Å². The molecular formula is C26H24ClNO6S. The fourth-order valence-electron chi connectivity index (χ4n) is 4.14. The van der Waals surface area contributed by atoms with Gasteiger partial charge in [0.05, 0.1) is 44.0 Å². The van der Waals surface area contributed by atoms with Crippen LogP contribution in [0.2, 0.25) is 5.02 Å². The second-order valence-electron chi connectivity index (χ2n) is 7.67. The number of halogens is 1. The molecule has 9 heteroatoms. The smallest absolute Gasteiger partial charge is 0.295 e. The quantitative estimate of drug-likeness (QED) is 0.245. The summed E-state index contributed by atoms with van der Waals surface area (Å²) in [5, 5.41) is 13.6. The molecule has 2 aromatic carbocycles. The van der Waals surface area contributed by atoms with Crippen molar-refractivity contribution < 1.29 is 28.9 Å². The molecule has 7 nitrogen and oxygen atoms in total. The van der Waals surface area contributed by atoms with Gasteiger partial charge in [-0.2, -0.15) is 0 Å². The van der Waals surface area contributed by atoms with E-state index in [4.69, 9.17) is 25.8 Å². The minimum absolute atomic E-state index is 0.0529. The molecule has 1 aromatic heterocycles. The summed E-state index contributed by atoms with van der Waals surface area (Å²) < 4.78 is 16.6. The number of nitrogens with zero attached hydrogens (tertiary/aromatic N) is 1. The summed E-state index contributed by atoms with van der Waals surface area (Å²) in [5.74, 6) is -0.659. The van der Waals surface area contributed by atoms with E-state index in [0.717, 1.165) is 4.88 Å². The van der Waals surface area contributed by atoms with Crippen molar-refractivity contribution in [3.8, 4) is 17.2 Å². The molecule has 0 bridgehead atoms. The lowest BCUT2D eigenvalue weighted by molar-refractivity contribution is -0.140. The van der Waals surface area contributed by atoms with Crippen molar-refractivity contribution in [2.24, 2.45) is 0 Å². The Hall–Kier alpha value is -3.49. The normalized spacial score (nSPS) is 17.0. The predicted molar refractivity (Wildman–Crippen MR) is 134 cm³/mol. The van der Waals surface area contributed by atoms with Crippen molar-refractivity contribution in [3.05, 3.63) is 80.5 Å². The summed E-state index contributed by atoms with van der Waals surface area (Å²) in [6.45, 7) is 2.37. The van der Waals surface area contributed by atoms with Crippen LogP contribution in [0, 0.1) is 0 Å². The van der Waals surface area contributed by atoms with E-state index in [0.29, 0.717) is 40.0 Å². The maximum absolute atomic E-state index is 13.3. The number of likely N-dealkylation sites (tertiary alicyclic amines) is 1. The number of Topliss-reactive ketones (excluding diaryl/α,β-unsaturated/α-hetero) is 1. The first-order chi connectivity index (χ1) is 16.9. The standard InChI is InChI=1S/C26H24ClNO6S/c1-4-34-20-13-15(10-11-18(20)27)23(29)21-22(17-8-5-9-19(32-2)25(17)33-3)28(26(31)24(21)30)14-16-7-6-12-35-16/h5-13,22,29H,4,14H2,1-3H3/b23-21+. The minimum Gasteiger partial charge on any atom is -0.507 e. The zero-order valence-corrected chi connectivity index (χ0v) is 21.0. The Morgan fingerprint density at radius 2 is 1.89 bits per heavy atom. The molecule has 0 aliphatic carbocycles. The maximum Gasteiger partial charge on any atom is 0.295 e. The third-order valence-electron chi connectivity index (χ3n) is 5.68. The first-order valence-electron chi connectivity index (χ1n) is 10.9. The van der Waals surface area contributed by atoms with Gasteiger partial charge in [-0.05, 0) is 42.6 Å². The van der Waals surface area contributed by atoms with Crippen LogP contribution in [-0.4, -0.2) is 42.5 Å². The highest BCUT2D eigenvalue weighted by atomic mass is 35.5. The summed E-state index contributed by atoms with van der Waals surface area (Å²) in [4.78, 5) is 28.9. The lowest BCUT2D eigenvalue weighted by Gasteiger charge is -2.27. The number of benzene rings is 2. The molecule has 1 amide bonds. The number of carbonyl (C=O) groups excluding carboxylic acids is 2. The van der Waals surface area contributed by atoms with E-state index in [-0.39, 0.29) is 17.9 Å². The average Bonchev–Trinajstić information content (AvgIpc) is 3.47. The Bertz CT molecular complexity index is 1290. The van der Waals surface area contributed by atoms with Crippen molar-refractivity contribution in [3.63, 3.8) is 0 Å². The van der Waals surface area contributed by atoms with E-state index in [1.165, 1.54) is 30.5 Å². The fourth-order valence-corrected chi connectivity index (χ4v) is 5.01. The molecule has 1 N–H and O–H groups in total.